The van der Waals surface area contributed by atoms with Crippen LogP contribution in [0.25, 0.3) is 0 Å². The average molecular weight is 310 g/mol. The predicted octanol–water partition coefficient (Wildman–Crippen LogP) is 3.50. The normalized spacial score (nSPS) is 15.2. The molecule has 1 aromatic carbocycles. The molecule has 2 aromatic rings. The maximum Gasteiger partial charge on any atom is 0.261 e. The van der Waals surface area contributed by atoms with Crippen molar-refractivity contribution in [3.63, 3.8) is 0 Å². The van der Waals surface area contributed by atoms with Crippen molar-refractivity contribution in [3.05, 3.63) is 48.3 Å². The number of hydrogen-bond donors (Lipinski definition) is 1. The zero-order chi connectivity index (χ0) is 16.1. The van der Waals surface area contributed by atoms with Crippen molar-refractivity contribution in [1.82, 2.24) is 9.97 Å². The number of carbonyl (C=O) groups is 1. The summed E-state index contributed by atoms with van der Waals surface area (Å²) < 4.78 is 0. The fourth-order valence-corrected chi connectivity index (χ4v) is 2.91. The van der Waals surface area contributed by atoms with E-state index >= 15 is 0 Å². The summed E-state index contributed by atoms with van der Waals surface area (Å²) in [4.78, 5) is 22.7. The van der Waals surface area contributed by atoms with Gasteiger partial charge >= 0.3 is 0 Å². The van der Waals surface area contributed by atoms with E-state index < -0.39 is 0 Å². The quantitative estimate of drug-likeness (QED) is 0.939. The number of amides is 1. The maximum absolute atomic E-state index is 12.5. The van der Waals surface area contributed by atoms with Gasteiger partial charge in [0.1, 0.15) is 0 Å². The minimum absolute atomic E-state index is 0.111. The lowest BCUT2D eigenvalue weighted by Gasteiger charge is -2.22. The summed E-state index contributed by atoms with van der Waals surface area (Å²) in [5, 5.41) is 3.36. The van der Waals surface area contributed by atoms with Crippen LogP contribution in [0.3, 0.4) is 0 Å². The summed E-state index contributed by atoms with van der Waals surface area (Å²) in [7, 11) is 1.76. The highest BCUT2D eigenvalue weighted by Crippen LogP contribution is 2.20. The lowest BCUT2D eigenvalue weighted by atomic mass is 9.96. The van der Waals surface area contributed by atoms with E-state index in [9.17, 15) is 4.79 Å². The van der Waals surface area contributed by atoms with Gasteiger partial charge in [-0.3, -0.25) is 4.79 Å². The van der Waals surface area contributed by atoms with E-state index in [0.717, 1.165) is 5.69 Å². The Morgan fingerprint density at radius 2 is 1.74 bits per heavy atom. The maximum atomic E-state index is 12.5. The van der Waals surface area contributed by atoms with Crippen LogP contribution in [0.4, 0.5) is 11.6 Å². The van der Waals surface area contributed by atoms with Crippen LogP contribution >= 0.6 is 0 Å². The van der Waals surface area contributed by atoms with Crippen molar-refractivity contribution in [1.29, 1.82) is 0 Å². The molecule has 5 heteroatoms. The van der Waals surface area contributed by atoms with E-state index in [2.05, 4.69) is 15.3 Å². The first-order valence-electron chi connectivity index (χ1n) is 8.16. The van der Waals surface area contributed by atoms with E-state index in [1.807, 2.05) is 30.3 Å². The first kappa shape index (κ1) is 15.5. The van der Waals surface area contributed by atoms with Crippen LogP contribution in [0.2, 0.25) is 0 Å². The van der Waals surface area contributed by atoms with Crippen molar-refractivity contribution >= 4 is 17.5 Å². The summed E-state index contributed by atoms with van der Waals surface area (Å²) in [6, 6.07) is 10.0. The Kier molecular flexibility index (Phi) is 4.86. The molecule has 1 aromatic heterocycles. The number of nitrogens with zero attached hydrogens (tertiary/aromatic N) is 3. The highest BCUT2D eigenvalue weighted by Gasteiger charge is 2.16. The molecule has 1 saturated carbocycles. The predicted molar refractivity (Wildman–Crippen MR) is 91.7 cm³/mol. The minimum atomic E-state index is -0.111. The number of rotatable bonds is 4. The Morgan fingerprint density at radius 3 is 2.39 bits per heavy atom. The van der Waals surface area contributed by atoms with Crippen molar-refractivity contribution < 1.29 is 4.79 Å². The second-order valence-corrected chi connectivity index (χ2v) is 5.97. The standard InChI is InChI=1S/C18H22N4O/c1-22(16-10-6-3-7-11-16)17(23)14-12-19-18(20-13-14)21-15-8-4-2-5-9-15/h3,6-7,10-13,15H,2,4-5,8-9H2,1H3,(H,19,20,21). The minimum Gasteiger partial charge on any atom is -0.351 e. The van der Waals surface area contributed by atoms with Gasteiger partial charge < -0.3 is 10.2 Å². The molecular formula is C18H22N4O. The zero-order valence-corrected chi connectivity index (χ0v) is 13.4. The largest absolute Gasteiger partial charge is 0.351 e. The van der Waals surface area contributed by atoms with Crippen molar-refractivity contribution in [2.45, 2.75) is 38.1 Å². The van der Waals surface area contributed by atoms with Crippen LogP contribution in [-0.2, 0) is 0 Å². The molecule has 0 aliphatic heterocycles. The third kappa shape index (κ3) is 3.86. The molecule has 0 atom stereocenters. The average Bonchev–Trinajstić information content (AvgIpc) is 2.63. The van der Waals surface area contributed by atoms with Crippen molar-refractivity contribution in [2.24, 2.45) is 0 Å². The zero-order valence-electron chi connectivity index (χ0n) is 13.4. The van der Waals surface area contributed by atoms with Gasteiger partial charge in [-0.2, -0.15) is 0 Å². The summed E-state index contributed by atoms with van der Waals surface area (Å²) >= 11 is 0. The molecule has 0 unspecified atom stereocenters. The Hall–Kier alpha value is -2.43. The molecule has 3 rings (SSSR count). The molecule has 1 aliphatic rings. The van der Waals surface area contributed by atoms with Crippen LogP contribution < -0.4 is 10.2 Å². The summed E-state index contributed by atoms with van der Waals surface area (Å²) in [5.41, 5.74) is 1.34. The molecular weight excluding hydrogens is 288 g/mol. The molecule has 1 heterocycles. The molecule has 23 heavy (non-hydrogen) atoms. The molecule has 0 saturated heterocycles. The van der Waals surface area contributed by atoms with Crippen LogP contribution in [0.5, 0.6) is 0 Å². The fraction of sp³-hybridized carbons (Fsp3) is 0.389. The number of carbonyl (C=O) groups excluding carboxylic acids is 1. The molecule has 1 amide bonds. The third-order valence-corrected chi connectivity index (χ3v) is 4.29. The monoisotopic (exact) mass is 310 g/mol. The summed E-state index contributed by atoms with van der Waals surface area (Å²) in [6.45, 7) is 0. The van der Waals surface area contributed by atoms with Gasteiger partial charge in [0.15, 0.2) is 0 Å². The summed E-state index contributed by atoms with van der Waals surface area (Å²) in [6.07, 6.45) is 9.37. The SMILES string of the molecule is CN(C(=O)c1cnc(NC2CCCCC2)nc1)c1ccccc1. The topological polar surface area (TPSA) is 58.1 Å². The Labute approximate surface area is 136 Å². The van der Waals surface area contributed by atoms with Gasteiger partial charge in [-0.05, 0) is 25.0 Å². The van der Waals surface area contributed by atoms with E-state index in [0.29, 0.717) is 17.6 Å². The fourth-order valence-electron chi connectivity index (χ4n) is 2.91. The molecule has 0 radical (unpaired) electrons. The summed E-state index contributed by atoms with van der Waals surface area (Å²) in [5.74, 6) is 0.497. The number of para-hydroxylation sites is 1. The first-order chi connectivity index (χ1) is 11.2. The molecule has 0 bridgehead atoms. The van der Waals surface area contributed by atoms with Gasteiger partial charge in [-0.1, -0.05) is 37.5 Å². The van der Waals surface area contributed by atoms with E-state index in [-0.39, 0.29) is 5.91 Å². The van der Waals surface area contributed by atoms with E-state index in [1.54, 1.807) is 24.3 Å². The number of aromatic nitrogens is 2. The highest BCUT2D eigenvalue weighted by molar-refractivity contribution is 6.05. The van der Waals surface area contributed by atoms with E-state index in [4.69, 9.17) is 0 Å². The van der Waals surface area contributed by atoms with Gasteiger partial charge in [-0.25, -0.2) is 9.97 Å². The van der Waals surface area contributed by atoms with Crippen molar-refractivity contribution in [3.8, 4) is 0 Å². The number of anilines is 2. The Morgan fingerprint density at radius 1 is 1.09 bits per heavy atom. The van der Waals surface area contributed by atoms with Gasteiger partial charge in [0.05, 0.1) is 5.56 Å². The first-order valence-corrected chi connectivity index (χ1v) is 8.16. The highest BCUT2D eigenvalue weighted by atomic mass is 16.2. The Balaban J connectivity index is 1.65. The molecule has 5 nitrogen and oxygen atoms in total. The van der Waals surface area contributed by atoms with Crippen LogP contribution in [0.1, 0.15) is 42.5 Å². The second kappa shape index (κ2) is 7.22. The van der Waals surface area contributed by atoms with Crippen molar-refractivity contribution in [2.75, 3.05) is 17.3 Å². The lowest BCUT2D eigenvalue weighted by Crippen LogP contribution is -2.27. The molecule has 1 N–H and O–H groups in total. The van der Waals surface area contributed by atoms with Crippen LogP contribution in [0, 0.1) is 0 Å². The van der Waals surface area contributed by atoms with Gasteiger partial charge in [0, 0.05) is 31.2 Å². The lowest BCUT2D eigenvalue weighted by molar-refractivity contribution is 0.0992. The molecule has 1 fully saturated rings. The molecule has 120 valence electrons. The smallest absolute Gasteiger partial charge is 0.261 e. The number of hydrogen-bond acceptors (Lipinski definition) is 4. The second-order valence-electron chi connectivity index (χ2n) is 5.97. The van der Waals surface area contributed by atoms with Crippen LogP contribution in [0.15, 0.2) is 42.7 Å². The van der Waals surface area contributed by atoms with Crippen LogP contribution in [-0.4, -0.2) is 29.0 Å². The number of benzene rings is 1. The Bertz CT molecular complexity index is 636. The molecule has 0 spiro atoms. The number of nitrogens with one attached hydrogen (secondary N) is 1. The molecule has 1 aliphatic carbocycles. The van der Waals surface area contributed by atoms with Gasteiger partial charge in [0.25, 0.3) is 5.91 Å². The third-order valence-electron chi connectivity index (χ3n) is 4.29. The van der Waals surface area contributed by atoms with E-state index in [1.165, 1.54) is 32.1 Å². The van der Waals surface area contributed by atoms with Gasteiger partial charge in [0.2, 0.25) is 5.95 Å². The van der Waals surface area contributed by atoms with Gasteiger partial charge in [-0.15, -0.1) is 0 Å².